The zero-order valence-electron chi connectivity index (χ0n) is 15.9. The number of hydrogen-bond donors (Lipinski definition) is 1. The molecule has 0 fully saturated rings. The Morgan fingerprint density at radius 3 is 2.62 bits per heavy atom. The molecule has 1 aromatic heterocycles. The molecule has 0 aliphatic carbocycles. The number of H-pyrrole nitrogens is 1. The minimum atomic E-state index is -3.91. The van der Waals surface area contributed by atoms with Crippen molar-refractivity contribution in [3.05, 3.63) is 70.3 Å². The Labute approximate surface area is 166 Å². The van der Waals surface area contributed by atoms with Crippen molar-refractivity contribution < 1.29 is 22.8 Å². The van der Waals surface area contributed by atoms with Gasteiger partial charge in [-0.1, -0.05) is 22.7 Å². The van der Waals surface area contributed by atoms with Gasteiger partial charge in [0, 0.05) is 7.05 Å². The number of carbonyl (C=O) groups excluding carboxylic acids is 1. The first-order valence-electron chi connectivity index (χ1n) is 8.57. The summed E-state index contributed by atoms with van der Waals surface area (Å²) in [5.41, 5.74) is 0.166. The van der Waals surface area contributed by atoms with E-state index >= 15 is 0 Å². The summed E-state index contributed by atoms with van der Waals surface area (Å²) in [6.07, 6.45) is -0.860. The lowest BCUT2D eigenvalue weighted by Crippen LogP contribution is -2.26. The maximum atomic E-state index is 12.5. The molecule has 0 amide bonds. The third kappa shape index (κ3) is 4.19. The van der Waals surface area contributed by atoms with Crippen molar-refractivity contribution in [1.29, 1.82) is 0 Å². The highest BCUT2D eigenvalue weighted by atomic mass is 32.2. The molecule has 0 aliphatic rings. The molecule has 0 bridgehead atoms. The number of esters is 1. The first kappa shape index (κ1) is 20.6. The third-order valence-electron chi connectivity index (χ3n) is 4.26. The van der Waals surface area contributed by atoms with E-state index in [0.717, 1.165) is 0 Å². The summed E-state index contributed by atoms with van der Waals surface area (Å²) in [4.78, 5) is 36.2. The fraction of sp³-hybridized carbons (Fsp3) is 0.211. The second-order valence-electron chi connectivity index (χ2n) is 6.14. The van der Waals surface area contributed by atoms with Gasteiger partial charge in [0.1, 0.15) is 0 Å². The Morgan fingerprint density at radius 2 is 1.90 bits per heavy atom. The van der Waals surface area contributed by atoms with Crippen LogP contribution in [0.1, 0.15) is 29.2 Å². The number of hydrogen-bond acceptors (Lipinski definition) is 7. The van der Waals surface area contributed by atoms with E-state index in [9.17, 15) is 18.0 Å². The number of rotatable bonds is 6. The Balaban J connectivity index is 1.85. The van der Waals surface area contributed by atoms with Gasteiger partial charge in [-0.2, -0.15) is 0 Å². The van der Waals surface area contributed by atoms with Gasteiger partial charge in [-0.25, -0.2) is 18.2 Å². The van der Waals surface area contributed by atoms with E-state index in [-0.39, 0.29) is 21.8 Å². The smallest absolute Gasteiger partial charge is 0.338 e. The summed E-state index contributed by atoms with van der Waals surface area (Å²) >= 11 is 0. The van der Waals surface area contributed by atoms with Gasteiger partial charge in [-0.15, -0.1) is 0 Å². The zero-order valence-corrected chi connectivity index (χ0v) is 16.8. The van der Waals surface area contributed by atoms with Crippen LogP contribution in [0.15, 0.2) is 58.2 Å². The van der Waals surface area contributed by atoms with Crippen molar-refractivity contribution in [2.24, 2.45) is 0 Å². The first-order chi connectivity index (χ1) is 13.7. The second-order valence-corrected chi connectivity index (χ2v) is 8.08. The van der Waals surface area contributed by atoms with E-state index in [2.05, 4.69) is 9.97 Å². The molecule has 1 atom stereocenters. The molecule has 10 heteroatoms. The minimum Gasteiger partial charge on any atom is -0.451 e. The number of benzene rings is 2. The van der Waals surface area contributed by atoms with Gasteiger partial charge < -0.3 is 9.72 Å². The highest BCUT2D eigenvalue weighted by Crippen LogP contribution is 2.20. The number of nitrogens with zero attached hydrogens (tertiary/aromatic N) is 2. The van der Waals surface area contributed by atoms with E-state index in [4.69, 9.17) is 9.57 Å². The standard InChI is InChI=1S/C19H19N3O6S/c1-12(17-20-16-10-5-4-9-15(16)18(23)21-17)28-19(24)13-7-6-8-14(11-13)29(25,26)22(2)27-3/h4-12H,1-3H3,(H,20,21,23)/t12-/m1/s1. The van der Waals surface area contributed by atoms with E-state index in [1.807, 2.05) is 0 Å². The number of para-hydroxylation sites is 1. The lowest BCUT2D eigenvalue weighted by molar-refractivity contribution is -0.0258. The number of carbonyl (C=O) groups is 1. The number of aromatic amines is 1. The normalized spacial score (nSPS) is 12.8. The van der Waals surface area contributed by atoms with Crippen molar-refractivity contribution in [3.8, 4) is 0 Å². The third-order valence-corrected chi connectivity index (χ3v) is 5.94. The van der Waals surface area contributed by atoms with Crippen molar-refractivity contribution >= 4 is 26.9 Å². The molecule has 0 saturated carbocycles. The van der Waals surface area contributed by atoms with E-state index < -0.39 is 22.1 Å². The highest BCUT2D eigenvalue weighted by molar-refractivity contribution is 7.89. The molecule has 9 nitrogen and oxygen atoms in total. The predicted molar refractivity (Wildman–Crippen MR) is 105 cm³/mol. The molecule has 2 aromatic carbocycles. The number of fused-ring (bicyclic) bond motifs is 1. The van der Waals surface area contributed by atoms with Gasteiger partial charge in [0.15, 0.2) is 11.9 Å². The van der Waals surface area contributed by atoms with Crippen molar-refractivity contribution in [1.82, 2.24) is 14.4 Å². The van der Waals surface area contributed by atoms with Crippen LogP contribution in [0.3, 0.4) is 0 Å². The Morgan fingerprint density at radius 1 is 1.17 bits per heavy atom. The van der Waals surface area contributed by atoms with Crippen LogP contribution in [0, 0.1) is 0 Å². The number of nitrogens with one attached hydrogen (secondary N) is 1. The number of ether oxygens (including phenoxy) is 1. The van der Waals surface area contributed by atoms with E-state index in [1.165, 1.54) is 38.4 Å². The molecule has 0 radical (unpaired) electrons. The van der Waals surface area contributed by atoms with Gasteiger partial charge in [0.2, 0.25) is 0 Å². The largest absolute Gasteiger partial charge is 0.451 e. The lowest BCUT2D eigenvalue weighted by atomic mass is 10.2. The predicted octanol–water partition coefficient (Wildman–Crippen LogP) is 2.02. The van der Waals surface area contributed by atoms with Crippen molar-refractivity contribution in [2.75, 3.05) is 14.2 Å². The molecule has 1 heterocycles. The van der Waals surface area contributed by atoms with E-state index in [0.29, 0.717) is 15.4 Å². The molecule has 1 N–H and O–H groups in total. The second kappa shape index (κ2) is 8.11. The first-order valence-corrected chi connectivity index (χ1v) is 10.0. The quantitative estimate of drug-likeness (QED) is 0.481. The molecule has 0 spiro atoms. The van der Waals surface area contributed by atoms with Crippen molar-refractivity contribution in [2.45, 2.75) is 17.9 Å². The van der Waals surface area contributed by atoms with Crippen LogP contribution < -0.4 is 5.56 Å². The average molecular weight is 417 g/mol. The topological polar surface area (TPSA) is 119 Å². The molecule has 0 aliphatic heterocycles. The Kier molecular flexibility index (Phi) is 5.78. The summed E-state index contributed by atoms with van der Waals surface area (Å²) in [5, 5.41) is 0.426. The monoisotopic (exact) mass is 417 g/mol. The fourth-order valence-electron chi connectivity index (χ4n) is 2.61. The number of sulfonamides is 1. The minimum absolute atomic E-state index is 0.0329. The summed E-state index contributed by atoms with van der Waals surface area (Å²) < 4.78 is 30.7. The summed E-state index contributed by atoms with van der Waals surface area (Å²) in [7, 11) is -1.45. The maximum absolute atomic E-state index is 12.5. The molecule has 29 heavy (non-hydrogen) atoms. The molecule has 152 valence electrons. The van der Waals surface area contributed by atoms with Gasteiger partial charge in [-0.3, -0.25) is 9.63 Å². The van der Waals surface area contributed by atoms with Crippen molar-refractivity contribution in [3.63, 3.8) is 0 Å². The van der Waals surface area contributed by atoms with E-state index in [1.54, 1.807) is 31.2 Å². The average Bonchev–Trinajstić information content (AvgIpc) is 2.73. The van der Waals surface area contributed by atoms with Gasteiger partial charge in [0.05, 0.1) is 28.5 Å². The molecular formula is C19H19N3O6S. The maximum Gasteiger partial charge on any atom is 0.338 e. The number of hydroxylamine groups is 1. The molecule has 3 rings (SSSR count). The highest BCUT2D eigenvalue weighted by Gasteiger charge is 2.23. The Hall–Kier alpha value is -3.08. The number of aromatic nitrogens is 2. The van der Waals surface area contributed by atoms with Crippen LogP contribution in [0.4, 0.5) is 0 Å². The van der Waals surface area contributed by atoms with Crippen LogP contribution in [-0.4, -0.2) is 43.0 Å². The van der Waals surface area contributed by atoms with Gasteiger partial charge in [-0.05, 0) is 37.3 Å². The molecule has 3 aromatic rings. The van der Waals surface area contributed by atoms with Crippen LogP contribution in [0.5, 0.6) is 0 Å². The SMILES string of the molecule is CON(C)S(=O)(=O)c1cccc(C(=O)O[C@H](C)c2nc3ccccc3c(=O)[nH]2)c1. The fourth-order valence-corrected chi connectivity index (χ4v) is 3.63. The molecule has 0 saturated heterocycles. The molecular weight excluding hydrogens is 398 g/mol. The van der Waals surface area contributed by atoms with Crippen LogP contribution >= 0.6 is 0 Å². The molecule has 0 unspecified atom stereocenters. The van der Waals surface area contributed by atoms with Gasteiger partial charge in [0.25, 0.3) is 15.6 Å². The van der Waals surface area contributed by atoms with Crippen LogP contribution in [0.2, 0.25) is 0 Å². The summed E-state index contributed by atoms with van der Waals surface area (Å²) in [6, 6.07) is 12.2. The van der Waals surface area contributed by atoms with Gasteiger partial charge >= 0.3 is 5.97 Å². The lowest BCUT2D eigenvalue weighted by Gasteiger charge is -2.15. The summed E-state index contributed by atoms with van der Waals surface area (Å²) in [5.74, 6) is -0.574. The zero-order chi connectivity index (χ0) is 21.2. The summed E-state index contributed by atoms with van der Waals surface area (Å²) in [6.45, 7) is 1.56. The van der Waals surface area contributed by atoms with Crippen LogP contribution in [-0.2, 0) is 19.6 Å². The van der Waals surface area contributed by atoms with Crippen LogP contribution in [0.25, 0.3) is 10.9 Å². The Bertz CT molecular complexity index is 1220.